The van der Waals surface area contributed by atoms with Crippen LogP contribution in [0.2, 0.25) is 0 Å². The summed E-state index contributed by atoms with van der Waals surface area (Å²) in [6.07, 6.45) is 0. The van der Waals surface area contributed by atoms with Gasteiger partial charge in [0.05, 0.1) is 0 Å². The Kier molecular flexibility index (Phi) is 7.15. The van der Waals surface area contributed by atoms with Gasteiger partial charge in [-0.15, -0.1) is 0 Å². The normalized spacial score (nSPS) is 11.1. The van der Waals surface area contributed by atoms with Crippen LogP contribution in [-0.4, -0.2) is 11.6 Å². The molecule has 0 aromatic heterocycles. The molecule has 0 saturated carbocycles. The van der Waals surface area contributed by atoms with E-state index in [-0.39, 0.29) is 11.6 Å². The number of ketones is 2. The molecule has 4 heteroatoms. The van der Waals surface area contributed by atoms with E-state index in [0.717, 1.165) is 0 Å². The van der Waals surface area contributed by atoms with Crippen LogP contribution in [0.5, 0.6) is 0 Å². The van der Waals surface area contributed by atoms with Gasteiger partial charge in [0, 0.05) is 22.3 Å². The molecule has 0 bridgehead atoms. The van der Waals surface area contributed by atoms with Crippen molar-refractivity contribution in [2.75, 3.05) is 0 Å². The lowest BCUT2D eigenvalue weighted by atomic mass is 9.84. The summed E-state index contributed by atoms with van der Waals surface area (Å²) in [5, 5.41) is 0. The van der Waals surface area contributed by atoms with E-state index < -0.39 is 0 Å². The molecule has 0 amide bonds. The second-order valence-corrected chi connectivity index (χ2v) is 6.48. The third-order valence-electron chi connectivity index (χ3n) is 4.71. The van der Waals surface area contributed by atoms with Crippen LogP contribution in [0, 0.1) is 0 Å². The van der Waals surface area contributed by atoms with Crippen molar-refractivity contribution in [2.24, 2.45) is 0 Å². The Morgan fingerprint density at radius 2 is 0.600 bits per heavy atom. The second kappa shape index (κ2) is 10.2. The standard InChI is InChI=1S/C14H8O2.C12H10.HOP/c15-13-9-5-1-2-6-10(9)14(16)12-8-4-3-7-11(12)13;1-3-7-11(8-4-1)12-9-5-2-6-10-12;1-2/h1-8H;1-10H;2H. The van der Waals surface area contributed by atoms with Crippen LogP contribution in [0.25, 0.3) is 11.1 Å². The van der Waals surface area contributed by atoms with E-state index in [0.29, 0.717) is 22.3 Å². The molecule has 0 heterocycles. The molecule has 0 spiro atoms. The molecular weight excluding hydrogens is 391 g/mol. The zero-order valence-corrected chi connectivity index (χ0v) is 17.1. The Labute approximate surface area is 177 Å². The molecule has 0 atom stereocenters. The lowest BCUT2D eigenvalue weighted by Crippen LogP contribution is -2.20. The number of carbonyl (C=O) groups is 2. The molecular formula is C26H19O3P. The summed E-state index contributed by atoms with van der Waals surface area (Å²) in [4.78, 5) is 24.2. The minimum atomic E-state index is -0.0641. The van der Waals surface area contributed by atoms with Crippen LogP contribution >= 0.6 is 9.12 Å². The van der Waals surface area contributed by atoms with Crippen molar-refractivity contribution in [2.45, 2.75) is 0 Å². The smallest absolute Gasteiger partial charge is 0.194 e. The van der Waals surface area contributed by atoms with Crippen LogP contribution < -0.4 is 0 Å². The second-order valence-electron chi connectivity index (χ2n) is 6.48. The fourth-order valence-corrected chi connectivity index (χ4v) is 3.31. The minimum Gasteiger partial charge on any atom is -0.289 e. The van der Waals surface area contributed by atoms with Crippen molar-refractivity contribution in [3.63, 3.8) is 0 Å². The highest BCUT2D eigenvalue weighted by atomic mass is 31.0. The first-order chi connectivity index (χ1) is 14.8. The van der Waals surface area contributed by atoms with Crippen molar-refractivity contribution >= 4 is 20.7 Å². The van der Waals surface area contributed by atoms with E-state index in [2.05, 4.69) is 48.5 Å². The summed E-state index contributed by atoms with van der Waals surface area (Å²) in [5.74, 6) is -0.128. The van der Waals surface area contributed by atoms with Gasteiger partial charge in [0.25, 0.3) is 0 Å². The molecule has 0 aliphatic heterocycles. The first-order valence-electron chi connectivity index (χ1n) is 9.34. The summed E-state index contributed by atoms with van der Waals surface area (Å²) in [6, 6.07) is 34.7. The number of benzene rings is 4. The van der Waals surface area contributed by atoms with Crippen LogP contribution in [0.4, 0.5) is 0 Å². The molecule has 0 fully saturated rings. The average Bonchev–Trinajstić information content (AvgIpc) is 2.85. The van der Waals surface area contributed by atoms with Crippen LogP contribution in [0.3, 0.4) is 0 Å². The van der Waals surface area contributed by atoms with Crippen LogP contribution in [0.15, 0.2) is 109 Å². The number of carbonyl (C=O) groups excluding carboxylic acids is 2. The topological polar surface area (TPSA) is 51.2 Å². The first-order valence-corrected chi connectivity index (χ1v) is 9.75. The summed E-state index contributed by atoms with van der Waals surface area (Å²) in [6.45, 7) is 0. The van der Waals surface area contributed by atoms with Gasteiger partial charge in [-0.2, -0.15) is 0 Å². The van der Waals surface area contributed by atoms with Gasteiger partial charge in [0.2, 0.25) is 0 Å². The Morgan fingerprint density at radius 3 is 0.867 bits per heavy atom. The number of rotatable bonds is 1. The Balaban J connectivity index is 0.000000163. The van der Waals surface area contributed by atoms with E-state index >= 15 is 0 Å². The van der Waals surface area contributed by atoms with E-state index in [1.54, 1.807) is 57.7 Å². The molecule has 0 radical (unpaired) electrons. The highest BCUT2D eigenvalue weighted by Gasteiger charge is 2.28. The van der Waals surface area contributed by atoms with Gasteiger partial charge in [-0.3, -0.25) is 14.2 Å². The summed E-state index contributed by atoms with van der Waals surface area (Å²) < 4.78 is 8.06. The predicted octanol–water partition coefficient (Wildman–Crippen LogP) is 6.29. The van der Waals surface area contributed by atoms with Crippen molar-refractivity contribution in [1.29, 1.82) is 0 Å². The summed E-state index contributed by atoms with van der Waals surface area (Å²) >= 11 is 0. The van der Waals surface area contributed by atoms with Gasteiger partial charge >= 0.3 is 0 Å². The van der Waals surface area contributed by atoms with Crippen molar-refractivity contribution in [3.8, 4) is 11.1 Å². The minimum absolute atomic E-state index is 0.0641. The fourth-order valence-electron chi connectivity index (χ4n) is 3.31. The lowest BCUT2D eigenvalue weighted by Gasteiger charge is -2.16. The quantitative estimate of drug-likeness (QED) is 0.305. The Morgan fingerprint density at radius 1 is 0.367 bits per heavy atom. The fraction of sp³-hybridized carbons (Fsp3) is 0. The van der Waals surface area contributed by atoms with Gasteiger partial charge in [0.1, 0.15) is 9.12 Å². The zero-order valence-electron chi connectivity index (χ0n) is 16.1. The van der Waals surface area contributed by atoms with Gasteiger partial charge in [-0.1, -0.05) is 109 Å². The first kappa shape index (κ1) is 21.0. The zero-order chi connectivity index (χ0) is 21.3. The van der Waals surface area contributed by atoms with Gasteiger partial charge < -0.3 is 0 Å². The molecule has 0 N–H and O–H groups in total. The van der Waals surface area contributed by atoms with Gasteiger partial charge in [0.15, 0.2) is 11.6 Å². The van der Waals surface area contributed by atoms with Crippen LogP contribution in [0.1, 0.15) is 31.8 Å². The maximum Gasteiger partial charge on any atom is 0.194 e. The number of hydrogen-bond donors (Lipinski definition) is 0. The highest BCUT2D eigenvalue weighted by Crippen LogP contribution is 2.26. The highest BCUT2D eigenvalue weighted by molar-refractivity contribution is 7.00. The third-order valence-corrected chi connectivity index (χ3v) is 4.71. The van der Waals surface area contributed by atoms with Crippen molar-refractivity contribution in [3.05, 3.63) is 131 Å². The van der Waals surface area contributed by atoms with E-state index in [9.17, 15) is 9.59 Å². The molecule has 4 aromatic rings. The van der Waals surface area contributed by atoms with E-state index in [1.807, 2.05) is 12.1 Å². The Hall–Kier alpha value is -3.68. The largest absolute Gasteiger partial charge is 0.289 e. The van der Waals surface area contributed by atoms with E-state index in [4.69, 9.17) is 4.57 Å². The Bertz CT molecular complexity index is 1010. The monoisotopic (exact) mass is 410 g/mol. The maximum atomic E-state index is 12.1. The van der Waals surface area contributed by atoms with Crippen LogP contribution in [-0.2, 0) is 4.57 Å². The molecule has 0 saturated heterocycles. The molecule has 4 aromatic carbocycles. The summed E-state index contributed by atoms with van der Waals surface area (Å²) in [5.41, 5.74) is 4.58. The van der Waals surface area contributed by atoms with Gasteiger partial charge in [-0.25, -0.2) is 0 Å². The van der Waals surface area contributed by atoms with Crippen molar-refractivity contribution < 1.29 is 14.2 Å². The van der Waals surface area contributed by atoms with Gasteiger partial charge in [-0.05, 0) is 11.1 Å². The molecule has 3 nitrogen and oxygen atoms in total. The summed E-state index contributed by atoms with van der Waals surface area (Å²) in [7, 11) is 1.72. The molecule has 1 aliphatic carbocycles. The molecule has 0 unspecified atom stereocenters. The molecule has 5 rings (SSSR count). The lowest BCUT2D eigenvalue weighted by molar-refractivity contribution is 0.0979. The maximum absolute atomic E-state index is 12.1. The predicted molar refractivity (Wildman–Crippen MR) is 121 cm³/mol. The third kappa shape index (κ3) is 4.48. The SMILES string of the molecule is O=C1c2ccccc2C(=O)c2ccccc21.O=P.c1ccc(-c2ccccc2)cc1. The van der Waals surface area contributed by atoms with E-state index in [1.165, 1.54) is 11.1 Å². The molecule has 146 valence electrons. The number of fused-ring (bicyclic) bond motifs is 2. The van der Waals surface area contributed by atoms with Crippen molar-refractivity contribution in [1.82, 2.24) is 0 Å². The number of hydrogen-bond acceptors (Lipinski definition) is 3. The average molecular weight is 410 g/mol. The molecule has 1 aliphatic rings. The molecule has 30 heavy (non-hydrogen) atoms.